The van der Waals surface area contributed by atoms with Gasteiger partial charge in [0.1, 0.15) is 11.5 Å². The zero-order chi connectivity index (χ0) is 21.6. The van der Waals surface area contributed by atoms with E-state index in [2.05, 4.69) is 47.0 Å². The van der Waals surface area contributed by atoms with Crippen molar-refractivity contribution in [3.8, 4) is 22.3 Å². The zero-order valence-electron chi connectivity index (χ0n) is 17.7. The average Bonchev–Trinajstić information content (AvgIpc) is 3.46. The van der Waals surface area contributed by atoms with E-state index in [-0.39, 0.29) is 11.4 Å². The van der Waals surface area contributed by atoms with Crippen molar-refractivity contribution in [2.75, 3.05) is 0 Å². The Balaban J connectivity index is 1.48. The minimum absolute atomic E-state index is 0.0781. The maximum Gasteiger partial charge on any atom is 0.137 e. The van der Waals surface area contributed by atoms with Gasteiger partial charge < -0.3 is 4.98 Å². The molecule has 0 amide bonds. The van der Waals surface area contributed by atoms with Crippen LogP contribution in [-0.2, 0) is 12.1 Å². The second kappa shape index (κ2) is 7.19. The third-order valence-electron chi connectivity index (χ3n) is 5.31. The Morgan fingerprint density at radius 2 is 1.81 bits per heavy atom. The van der Waals surface area contributed by atoms with E-state index in [0.29, 0.717) is 6.54 Å². The summed E-state index contributed by atoms with van der Waals surface area (Å²) in [6.45, 7) is 6.88. The fraction of sp³-hybridized carbons (Fsp3) is 0.208. The molecule has 0 fully saturated rings. The average molecular weight is 414 g/mol. The van der Waals surface area contributed by atoms with Crippen LogP contribution in [0.1, 0.15) is 26.3 Å². The molecule has 0 saturated heterocycles. The van der Waals surface area contributed by atoms with Crippen molar-refractivity contribution < 1.29 is 4.39 Å². The largest absolute Gasteiger partial charge is 0.346 e. The Labute approximate surface area is 179 Å². The van der Waals surface area contributed by atoms with Gasteiger partial charge in [0.25, 0.3) is 0 Å². The summed E-state index contributed by atoms with van der Waals surface area (Å²) in [4.78, 5) is 7.84. The lowest BCUT2D eigenvalue weighted by Crippen LogP contribution is -2.21. The van der Waals surface area contributed by atoms with Crippen molar-refractivity contribution in [2.24, 2.45) is 0 Å². The highest BCUT2D eigenvalue weighted by Gasteiger charge is 2.16. The molecule has 5 aromatic rings. The number of pyridine rings is 1. The minimum Gasteiger partial charge on any atom is -0.346 e. The van der Waals surface area contributed by atoms with Gasteiger partial charge in [0.2, 0.25) is 0 Å². The van der Waals surface area contributed by atoms with Gasteiger partial charge in [-0.3, -0.25) is 9.36 Å². The number of H-pyrrole nitrogens is 1. The second-order valence-electron chi connectivity index (χ2n) is 8.72. The van der Waals surface area contributed by atoms with E-state index in [0.717, 1.165) is 38.9 Å². The van der Waals surface area contributed by atoms with Crippen molar-refractivity contribution in [1.29, 1.82) is 0 Å². The Kier molecular flexibility index (Phi) is 4.46. The molecule has 1 N–H and O–H groups in total. The molecule has 31 heavy (non-hydrogen) atoms. The summed E-state index contributed by atoms with van der Waals surface area (Å²) < 4.78 is 17.2. The number of halogens is 1. The summed E-state index contributed by atoms with van der Waals surface area (Å²) in [6.07, 6.45) is 11.5. The molecule has 0 radical (unpaired) electrons. The molecule has 5 rings (SSSR count). The molecular weight excluding hydrogens is 391 g/mol. The van der Waals surface area contributed by atoms with E-state index in [4.69, 9.17) is 0 Å². The third kappa shape index (κ3) is 3.74. The monoisotopic (exact) mass is 414 g/mol. The number of aromatic amines is 1. The number of hydrogen-bond acceptors (Lipinski definition) is 3. The van der Waals surface area contributed by atoms with Crippen molar-refractivity contribution in [3.63, 3.8) is 0 Å². The molecule has 0 aliphatic carbocycles. The topological polar surface area (TPSA) is 64.3 Å². The molecule has 4 heterocycles. The van der Waals surface area contributed by atoms with E-state index >= 15 is 0 Å². The lowest BCUT2D eigenvalue weighted by atomic mass is 10.1. The molecule has 0 saturated carbocycles. The van der Waals surface area contributed by atoms with E-state index in [1.54, 1.807) is 6.07 Å². The summed E-state index contributed by atoms with van der Waals surface area (Å²) in [6, 6.07) is 8.71. The first-order valence-electron chi connectivity index (χ1n) is 10.2. The lowest BCUT2D eigenvalue weighted by molar-refractivity contribution is 0.355. The van der Waals surface area contributed by atoms with Gasteiger partial charge in [-0.2, -0.15) is 10.2 Å². The second-order valence-corrected chi connectivity index (χ2v) is 8.72. The standard InChI is InChI=1S/C24H23FN6/c1-24(2,3)31-15-18(10-29-31)17-8-21-22(12-27-23(21)26-9-17)19-11-28-30(14-19)13-16-5-4-6-20(25)7-16/h4-12,14-15H,13H2,1-3H3,(H,26,27). The molecule has 0 bridgehead atoms. The van der Waals surface area contributed by atoms with E-state index in [9.17, 15) is 4.39 Å². The predicted octanol–water partition coefficient (Wildman–Crippen LogP) is 5.23. The fourth-order valence-corrected chi connectivity index (χ4v) is 3.65. The first kappa shape index (κ1) is 19.2. The Morgan fingerprint density at radius 3 is 2.58 bits per heavy atom. The lowest BCUT2D eigenvalue weighted by Gasteiger charge is -2.18. The van der Waals surface area contributed by atoms with Gasteiger partial charge in [-0.1, -0.05) is 12.1 Å². The third-order valence-corrected chi connectivity index (χ3v) is 5.31. The SMILES string of the molecule is CC(C)(C)n1cc(-c2cnc3[nH]cc(-c4cnn(Cc5cccc(F)c5)c4)c3c2)cn1. The van der Waals surface area contributed by atoms with Gasteiger partial charge in [-0.15, -0.1) is 0 Å². The van der Waals surface area contributed by atoms with Crippen LogP contribution in [0, 0.1) is 5.82 Å². The highest BCUT2D eigenvalue weighted by Crippen LogP contribution is 2.31. The number of fused-ring (bicyclic) bond motifs is 1. The van der Waals surface area contributed by atoms with E-state index < -0.39 is 0 Å². The molecule has 7 heteroatoms. The van der Waals surface area contributed by atoms with Crippen LogP contribution in [0.4, 0.5) is 4.39 Å². The molecule has 0 atom stereocenters. The van der Waals surface area contributed by atoms with Gasteiger partial charge in [0.05, 0.1) is 24.5 Å². The smallest absolute Gasteiger partial charge is 0.137 e. The van der Waals surface area contributed by atoms with Gasteiger partial charge in [-0.25, -0.2) is 9.37 Å². The normalized spacial score (nSPS) is 12.0. The number of rotatable bonds is 4. The molecule has 0 unspecified atom stereocenters. The van der Waals surface area contributed by atoms with Crippen LogP contribution in [0.5, 0.6) is 0 Å². The number of hydrogen-bond donors (Lipinski definition) is 1. The zero-order valence-corrected chi connectivity index (χ0v) is 17.7. The molecule has 6 nitrogen and oxygen atoms in total. The summed E-state index contributed by atoms with van der Waals surface area (Å²) in [5, 5.41) is 9.98. The van der Waals surface area contributed by atoms with Gasteiger partial charge >= 0.3 is 0 Å². The van der Waals surface area contributed by atoms with Crippen molar-refractivity contribution >= 4 is 11.0 Å². The Bertz CT molecular complexity index is 1370. The minimum atomic E-state index is -0.241. The molecule has 0 aliphatic heterocycles. The number of nitrogens with zero attached hydrogens (tertiary/aromatic N) is 5. The van der Waals surface area contributed by atoms with Crippen LogP contribution in [0.3, 0.4) is 0 Å². The Morgan fingerprint density at radius 1 is 0.968 bits per heavy atom. The van der Waals surface area contributed by atoms with E-state index in [1.807, 2.05) is 52.6 Å². The van der Waals surface area contributed by atoms with Crippen LogP contribution in [0.2, 0.25) is 0 Å². The van der Waals surface area contributed by atoms with Crippen molar-refractivity contribution in [3.05, 3.63) is 78.9 Å². The number of nitrogens with one attached hydrogen (secondary N) is 1. The first-order valence-corrected chi connectivity index (χ1v) is 10.2. The maximum absolute atomic E-state index is 13.5. The van der Waals surface area contributed by atoms with Crippen LogP contribution in [0.25, 0.3) is 33.3 Å². The summed E-state index contributed by atoms with van der Waals surface area (Å²) in [7, 11) is 0. The molecule has 1 aromatic carbocycles. The van der Waals surface area contributed by atoms with E-state index in [1.165, 1.54) is 12.1 Å². The van der Waals surface area contributed by atoms with Crippen LogP contribution in [0.15, 0.2) is 67.5 Å². The molecule has 156 valence electrons. The molecule has 0 spiro atoms. The highest BCUT2D eigenvalue weighted by molar-refractivity contribution is 5.95. The van der Waals surface area contributed by atoms with Gasteiger partial charge in [0, 0.05) is 52.4 Å². The van der Waals surface area contributed by atoms with Crippen LogP contribution < -0.4 is 0 Å². The molecule has 0 aliphatic rings. The quantitative estimate of drug-likeness (QED) is 0.438. The molecule has 4 aromatic heterocycles. The maximum atomic E-state index is 13.5. The first-order chi connectivity index (χ1) is 14.9. The summed E-state index contributed by atoms with van der Waals surface area (Å²) in [5.41, 5.74) is 5.65. The predicted molar refractivity (Wildman–Crippen MR) is 119 cm³/mol. The fourth-order valence-electron chi connectivity index (χ4n) is 3.65. The van der Waals surface area contributed by atoms with Crippen molar-refractivity contribution in [1.82, 2.24) is 29.5 Å². The van der Waals surface area contributed by atoms with Gasteiger partial charge in [-0.05, 0) is 44.5 Å². The number of benzene rings is 1. The Hall–Kier alpha value is -3.74. The van der Waals surface area contributed by atoms with Crippen LogP contribution in [-0.4, -0.2) is 29.5 Å². The highest BCUT2D eigenvalue weighted by atomic mass is 19.1. The van der Waals surface area contributed by atoms with Crippen LogP contribution >= 0.6 is 0 Å². The van der Waals surface area contributed by atoms with Crippen molar-refractivity contribution in [2.45, 2.75) is 32.9 Å². The molecular formula is C24H23FN6. The summed E-state index contributed by atoms with van der Waals surface area (Å²) in [5.74, 6) is -0.241. The number of aromatic nitrogens is 6. The summed E-state index contributed by atoms with van der Waals surface area (Å²) >= 11 is 0. The van der Waals surface area contributed by atoms with Gasteiger partial charge in [0.15, 0.2) is 0 Å².